The summed E-state index contributed by atoms with van der Waals surface area (Å²) in [4.78, 5) is 3.86. The Labute approximate surface area is 78.7 Å². The fourth-order valence-corrected chi connectivity index (χ4v) is 0.953. The number of hydrogen-bond acceptors (Lipinski definition) is 2. The second-order valence-electron chi connectivity index (χ2n) is 1.88. The molecule has 0 aromatic carbocycles. The van der Waals surface area contributed by atoms with Gasteiger partial charge in [-0.25, -0.2) is 0 Å². The maximum Gasteiger partial charge on any atom is 0.139 e. The van der Waals surface area contributed by atoms with E-state index in [4.69, 9.17) is 16.3 Å². The quantitative estimate of drug-likeness (QED) is 0.753. The summed E-state index contributed by atoms with van der Waals surface area (Å²) in [6.45, 7) is 0.627. The van der Waals surface area contributed by atoms with Gasteiger partial charge in [-0.2, -0.15) is 0 Å². The van der Waals surface area contributed by atoms with Gasteiger partial charge in [-0.3, -0.25) is 4.98 Å². The first-order chi connectivity index (χ1) is 5.33. The molecule has 1 aromatic heterocycles. The molecule has 0 saturated carbocycles. The van der Waals surface area contributed by atoms with Crippen LogP contribution in [-0.4, -0.2) is 16.9 Å². The summed E-state index contributed by atoms with van der Waals surface area (Å²) in [5.74, 6) is 0.706. The first-order valence-corrected chi connectivity index (χ1v) is 4.62. The highest BCUT2D eigenvalue weighted by atomic mass is 79.9. The fraction of sp³-hybridized carbons (Fsp3) is 0.286. The van der Waals surface area contributed by atoms with Crippen LogP contribution in [0.2, 0.25) is 5.02 Å². The van der Waals surface area contributed by atoms with E-state index in [1.54, 1.807) is 18.5 Å². The molecular weight excluding hydrogens is 229 g/mol. The SMILES string of the molecule is Clc1cncc(OCCBr)c1. The zero-order valence-corrected chi connectivity index (χ0v) is 8.10. The van der Waals surface area contributed by atoms with Gasteiger partial charge in [0.05, 0.1) is 17.8 Å². The minimum absolute atomic E-state index is 0.595. The standard InChI is InChI=1S/C7H7BrClNO/c8-1-2-11-7-3-6(9)4-10-5-7/h3-5H,1-2H2. The number of aromatic nitrogens is 1. The van der Waals surface area contributed by atoms with Crippen LogP contribution in [0, 0.1) is 0 Å². The van der Waals surface area contributed by atoms with Crippen LogP contribution in [0.25, 0.3) is 0 Å². The third-order valence-corrected chi connectivity index (χ3v) is 1.56. The predicted octanol–water partition coefficient (Wildman–Crippen LogP) is 2.51. The molecule has 60 valence electrons. The van der Waals surface area contributed by atoms with Gasteiger partial charge in [0.15, 0.2) is 0 Å². The van der Waals surface area contributed by atoms with Crippen molar-refractivity contribution in [3.63, 3.8) is 0 Å². The zero-order valence-electron chi connectivity index (χ0n) is 5.76. The van der Waals surface area contributed by atoms with E-state index in [0.717, 1.165) is 5.33 Å². The van der Waals surface area contributed by atoms with E-state index in [0.29, 0.717) is 17.4 Å². The van der Waals surface area contributed by atoms with Gasteiger partial charge in [-0.15, -0.1) is 0 Å². The maximum atomic E-state index is 5.67. The first-order valence-electron chi connectivity index (χ1n) is 3.12. The average Bonchev–Trinajstić information content (AvgIpc) is 2.01. The van der Waals surface area contributed by atoms with Gasteiger partial charge in [-0.05, 0) is 0 Å². The topological polar surface area (TPSA) is 22.1 Å². The Kier molecular flexibility index (Phi) is 3.66. The predicted molar refractivity (Wildman–Crippen MR) is 48.5 cm³/mol. The van der Waals surface area contributed by atoms with Crippen LogP contribution in [0.5, 0.6) is 5.75 Å². The summed E-state index contributed by atoms with van der Waals surface area (Å²) in [5.41, 5.74) is 0. The third-order valence-electron chi connectivity index (χ3n) is 1.03. The van der Waals surface area contributed by atoms with E-state index < -0.39 is 0 Å². The van der Waals surface area contributed by atoms with E-state index in [2.05, 4.69) is 20.9 Å². The number of pyridine rings is 1. The van der Waals surface area contributed by atoms with Crippen LogP contribution in [-0.2, 0) is 0 Å². The van der Waals surface area contributed by atoms with Crippen LogP contribution in [0.1, 0.15) is 0 Å². The highest BCUT2D eigenvalue weighted by Gasteiger charge is 1.93. The average molecular weight is 236 g/mol. The molecule has 1 rings (SSSR count). The third kappa shape index (κ3) is 3.08. The summed E-state index contributed by atoms with van der Waals surface area (Å²) >= 11 is 8.92. The molecule has 0 bridgehead atoms. The molecule has 0 aliphatic rings. The van der Waals surface area contributed by atoms with Gasteiger partial charge in [0.1, 0.15) is 5.75 Å². The van der Waals surface area contributed by atoms with Crippen molar-refractivity contribution in [1.29, 1.82) is 0 Å². The Bertz CT molecular complexity index is 231. The lowest BCUT2D eigenvalue weighted by Gasteiger charge is -2.01. The molecule has 1 heterocycles. The highest BCUT2D eigenvalue weighted by molar-refractivity contribution is 9.09. The Balaban J connectivity index is 2.56. The van der Waals surface area contributed by atoms with Crippen molar-refractivity contribution in [3.8, 4) is 5.75 Å². The molecule has 4 heteroatoms. The molecule has 11 heavy (non-hydrogen) atoms. The molecule has 1 aromatic rings. The molecular formula is C7H7BrClNO. The van der Waals surface area contributed by atoms with Crippen LogP contribution in [0.3, 0.4) is 0 Å². The second kappa shape index (κ2) is 4.57. The van der Waals surface area contributed by atoms with Crippen molar-refractivity contribution < 1.29 is 4.74 Å². The smallest absolute Gasteiger partial charge is 0.139 e. The van der Waals surface area contributed by atoms with E-state index in [9.17, 15) is 0 Å². The molecule has 0 fully saturated rings. The Morgan fingerprint density at radius 2 is 2.36 bits per heavy atom. The van der Waals surface area contributed by atoms with Gasteiger partial charge in [0.2, 0.25) is 0 Å². The number of hydrogen-bond donors (Lipinski definition) is 0. The number of halogens is 2. The van der Waals surface area contributed by atoms with Crippen molar-refractivity contribution >= 4 is 27.5 Å². The van der Waals surface area contributed by atoms with E-state index in [1.807, 2.05) is 0 Å². The molecule has 0 N–H and O–H groups in total. The molecule has 0 aliphatic carbocycles. The van der Waals surface area contributed by atoms with Crippen molar-refractivity contribution in [2.45, 2.75) is 0 Å². The summed E-state index contributed by atoms with van der Waals surface area (Å²) in [6, 6.07) is 1.73. The fourth-order valence-electron chi connectivity index (χ4n) is 0.628. The molecule has 0 amide bonds. The lowest BCUT2D eigenvalue weighted by atomic mass is 10.5. The zero-order chi connectivity index (χ0) is 8.10. The van der Waals surface area contributed by atoms with E-state index in [-0.39, 0.29) is 0 Å². The molecule has 0 unspecified atom stereocenters. The molecule has 0 radical (unpaired) electrons. The monoisotopic (exact) mass is 235 g/mol. The summed E-state index contributed by atoms with van der Waals surface area (Å²) in [5, 5.41) is 1.40. The minimum atomic E-state index is 0.595. The first kappa shape index (κ1) is 8.81. The molecule has 2 nitrogen and oxygen atoms in total. The van der Waals surface area contributed by atoms with Gasteiger partial charge >= 0.3 is 0 Å². The summed E-state index contributed by atoms with van der Waals surface area (Å²) in [7, 11) is 0. The van der Waals surface area contributed by atoms with Gasteiger partial charge in [0, 0.05) is 17.6 Å². The van der Waals surface area contributed by atoms with Crippen LogP contribution < -0.4 is 4.74 Å². The normalized spacial score (nSPS) is 9.64. The van der Waals surface area contributed by atoms with Crippen molar-refractivity contribution in [1.82, 2.24) is 4.98 Å². The highest BCUT2D eigenvalue weighted by Crippen LogP contribution is 2.14. The maximum absolute atomic E-state index is 5.67. The second-order valence-corrected chi connectivity index (χ2v) is 3.11. The van der Waals surface area contributed by atoms with Crippen LogP contribution in [0.15, 0.2) is 18.5 Å². The Morgan fingerprint density at radius 1 is 1.55 bits per heavy atom. The van der Waals surface area contributed by atoms with E-state index in [1.165, 1.54) is 0 Å². The largest absolute Gasteiger partial charge is 0.491 e. The number of nitrogens with zero attached hydrogens (tertiary/aromatic N) is 1. The molecule has 0 aliphatic heterocycles. The molecule has 0 saturated heterocycles. The minimum Gasteiger partial charge on any atom is -0.491 e. The lowest BCUT2D eigenvalue weighted by molar-refractivity contribution is 0.343. The number of rotatable bonds is 3. The summed E-state index contributed by atoms with van der Waals surface area (Å²) < 4.78 is 5.24. The van der Waals surface area contributed by atoms with Gasteiger partial charge < -0.3 is 4.74 Å². The van der Waals surface area contributed by atoms with E-state index >= 15 is 0 Å². The van der Waals surface area contributed by atoms with Crippen molar-refractivity contribution in [3.05, 3.63) is 23.5 Å². The van der Waals surface area contributed by atoms with Gasteiger partial charge in [0.25, 0.3) is 0 Å². The van der Waals surface area contributed by atoms with Crippen LogP contribution >= 0.6 is 27.5 Å². The van der Waals surface area contributed by atoms with Crippen molar-refractivity contribution in [2.75, 3.05) is 11.9 Å². The van der Waals surface area contributed by atoms with Gasteiger partial charge in [-0.1, -0.05) is 27.5 Å². The Morgan fingerprint density at radius 3 is 3.00 bits per heavy atom. The van der Waals surface area contributed by atoms with Crippen molar-refractivity contribution in [2.24, 2.45) is 0 Å². The number of ether oxygens (including phenoxy) is 1. The summed E-state index contributed by atoms with van der Waals surface area (Å²) in [6.07, 6.45) is 3.21. The van der Waals surface area contributed by atoms with Crippen LogP contribution in [0.4, 0.5) is 0 Å². The Hall–Kier alpha value is -0.280. The molecule has 0 atom stereocenters. The lowest BCUT2D eigenvalue weighted by Crippen LogP contribution is -1.97. The molecule has 0 spiro atoms. The number of alkyl halides is 1.